The standard InChI is InChI=1S/C11H21N3O5S/c1-2-8-3-5-14(9(7-8)10(15)16)11(17)13-4-6-20(12,18)19/h8-9H,2-7H2,1H3,(H,13,17)(H,15,16)(H2,12,18,19). The van der Waals surface area contributed by atoms with Crippen LogP contribution in [0.25, 0.3) is 0 Å². The molecule has 1 saturated heterocycles. The van der Waals surface area contributed by atoms with Crippen molar-refractivity contribution in [3.63, 3.8) is 0 Å². The summed E-state index contributed by atoms with van der Waals surface area (Å²) in [5.41, 5.74) is 0. The highest BCUT2D eigenvalue weighted by Gasteiger charge is 2.35. The fourth-order valence-corrected chi connectivity index (χ4v) is 2.67. The molecule has 1 aliphatic rings. The number of nitrogens with one attached hydrogen (secondary N) is 1. The van der Waals surface area contributed by atoms with Crippen molar-refractivity contribution in [3.8, 4) is 0 Å². The van der Waals surface area contributed by atoms with Crippen LogP contribution in [-0.4, -0.2) is 55.3 Å². The molecule has 1 aliphatic heterocycles. The van der Waals surface area contributed by atoms with Gasteiger partial charge in [0.15, 0.2) is 0 Å². The van der Waals surface area contributed by atoms with Crippen LogP contribution in [0.15, 0.2) is 0 Å². The van der Waals surface area contributed by atoms with Crippen molar-refractivity contribution in [1.82, 2.24) is 10.2 Å². The van der Waals surface area contributed by atoms with Gasteiger partial charge in [-0.05, 0) is 18.8 Å². The van der Waals surface area contributed by atoms with E-state index in [1.165, 1.54) is 4.90 Å². The monoisotopic (exact) mass is 307 g/mol. The molecule has 0 saturated carbocycles. The van der Waals surface area contributed by atoms with Gasteiger partial charge in [-0.25, -0.2) is 23.1 Å². The minimum atomic E-state index is -3.64. The second-order valence-corrected chi connectivity index (χ2v) is 6.68. The van der Waals surface area contributed by atoms with Gasteiger partial charge in [0, 0.05) is 13.1 Å². The van der Waals surface area contributed by atoms with Crippen molar-refractivity contribution in [2.24, 2.45) is 11.1 Å². The maximum absolute atomic E-state index is 11.9. The summed E-state index contributed by atoms with van der Waals surface area (Å²) in [6, 6.07) is -1.42. The summed E-state index contributed by atoms with van der Waals surface area (Å²) in [4.78, 5) is 24.4. The van der Waals surface area contributed by atoms with E-state index in [4.69, 9.17) is 5.14 Å². The number of rotatable bonds is 5. The minimum absolute atomic E-state index is 0.127. The average Bonchev–Trinajstić information content (AvgIpc) is 2.36. The molecule has 2 atom stereocenters. The first kappa shape index (κ1) is 16.7. The molecule has 20 heavy (non-hydrogen) atoms. The normalized spacial score (nSPS) is 23.4. The lowest BCUT2D eigenvalue weighted by Crippen LogP contribution is -2.54. The van der Waals surface area contributed by atoms with Crippen molar-refractivity contribution >= 4 is 22.0 Å². The Labute approximate surface area is 118 Å². The number of piperidine rings is 1. The van der Waals surface area contributed by atoms with Gasteiger partial charge in [0.2, 0.25) is 10.0 Å². The summed E-state index contributed by atoms with van der Waals surface area (Å²) in [5.74, 6) is -1.11. The second-order valence-electron chi connectivity index (χ2n) is 4.94. The number of amides is 2. The third-order valence-corrected chi connectivity index (χ3v) is 4.27. The van der Waals surface area contributed by atoms with Crippen molar-refractivity contribution < 1.29 is 23.1 Å². The van der Waals surface area contributed by atoms with Gasteiger partial charge in [0.05, 0.1) is 5.75 Å². The van der Waals surface area contributed by atoms with E-state index in [9.17, 15) is 23.1 Å². The Bertz CT molecular complexity index is 465. The molecule has 1 rings (SSSR count). The number of urea groups is 1. The maximum Gasteiger partial charge on any atom is 0.326 e. The molecule has 4 N–H and O–H groups in total. The molecule has 1 heterocycles. The number of aliphatic carboxylic acids is 1. The molecule has 0 aromatic rings. The van der Waals surface area contributed by atoms with Gasteiger partial charge in [-0.2, -0.15) is 0 Å². The summed E-state index contributed by atoms with van der Waals surface area (Å²) in [6.45, 7) is 2.22. The van der Waals surface area contributed by atoms with Crippen LogP contribution in [0, 0.1) is 5.92 Å². The van der Waals surface area contributed by atoms with Crippen LogP contribution in [-0.2, 0) is 14.8 Å². The summed E-state index contributed by atoms with van der Waals surface area (Å²) in [7, 11) is -3.64. The van der Waals surface area contributed by atoms with Crippen LogP contribution >= 0.6 is 0 Å². The topological polar surface area (TPSA) is 130 Å². The molecule has 0 aromatic heterocycles. The Hall–Kier alpha value is -1.35. The summed E-state index contributed by atoms with van der Waals surface area (Å²) in [5, 5.41) is 16.4. The van der Waals surface area contributed by atoms with Crippen LogP contribution in [0.1, 0.15) is 26.2 Å². The highest BCUT2D eigenvalue weighted by Crippen LogP contribution is 2.25. The highest BCUT2D eigenvalue weighted by atomic mass is 32.2. The van der Waals surface area contributed by atoms with Gasteiger partial charge >= 0.3 is 12.0 Å². The zero-order valence-corrected chi connectivity index (χ0v) is 12.2. The van der Waals surface area contributed by atoms with Gasteiger partial charge in [0.1, 0.15) is 6.04 Å². The van der Waals surface area contributed by atoms with Crippen molar-refractivity contribution in [1.29, 1.82) is 0 Å². The Morgan fingerprint density at radius 1 is 1.45 bits per heavy atom. The lowest BCUT2D eigenvalue weighted by atomic mass is 9.89. The van der Waals surface area contributed by atoms with Crippen molar-refractivity contribution in [2.75, 3.05) is 18.8 Å². The SMILES string of the molecule is CCC1CCN(C(=O)NCCS(N)(=O)=O)C(C(=O)O)C1. The van der Waals surface area contributed by atoms with Gasteiger partial charge in [-0.15, -0.1) is 0 Å². The van der Waals surface area contributed by atoms with E-state index in [0.29, 0.717) is 18.9 Å². The molecule has 116 valence electrons. The number of nitrogens with zero attached hydrogens (tertiary/aromatic N) is 1. The lowest BCUT2D eigenvalue weighted by Gasteiger charge is -2.36. The van der Waals surface area contributed by atoms with Crippen LogP contribution < -0.4 is 10.5 Å². The number of carbonyl (C=O) groups excluding carboxylic acids is 1. The Morgan fingerprint density at radius 2 is 2.10 bits per heavy atom. The number of sulfonamides is 1. The van der Waals surface area contributed by atoms with Gasteiger partial charge < -0.3 is 15.3 Å². The molecule has 0 bridgehead atoms. The predicted molar refractivity (Wildman–Crippen MR) is 72.5 cm³/mol. The van der Waals surface area contributed by atoms with Gasteiger partial charge in [-0.3, -0.25) is 0 Å². The molecule has 0 radical (unpaired) electrons. The van der Waals surface area contributed by atoms with E-state index in [2.05, 4.69) is 5.32 Å². The lowest BCUT2D eigenvalue weighted by molar-refractivity contribution is -0.144. The summed E-state index contributed by atoms with van der Waals surface area (Å²) in [6.07, 6.45) is 2.06. The van der Waals surface area contributed by atoms with E-state index in [1.54, 1.807) is 0 Å². The van der Waals surface area contributed by atoms with E-state index in [0.717, 1.165) is 12.8 Å². The number of carbonyl (C=O) groups is 2. The van der Waals surface area contributed by atoms with E-state index >= 15 is 0 Å². The van der Waals surface area contributed by atoms with Crippen LogP contribution in [0.4, 0.5) is 4.79 Å². The molecular formula is C11H21N3O5S. The zero-order chi connectivity index (χ0) is 15.3. The van der Waals surface area contributed by atoms with Crippen molar-refractivity contribution in [2.45, 2.75) is 32.2 Å². The van der Waals surface area contributed by atoms with E-state index in [-0.39, 0.29) is 12.3 Å². The first-order valence-corrected chi connectivity index (χ1v) is 8.24. The van der Waals surface area contributed by atoms with Crippen LogP contribution in [0.5, 0.6) is 0 Å². The molecule has 1 fully saturated rings. The highest BCUT2D eigenvalue weighted by molar-refractivity contribution is 7.89. The number of likely N-dealkylation sites (tertiary alicyclic amines) is 1. The van der Waals surface area contributed by atoms with Gasteiger partial charge in [-0.1, -0.05) is 13.3 Å². The van der Waals surface area contributed by atoms with Crippen molar-refractivity contribution in [3.05, 3.63) is 0 Å². The third kappa shape index (κ3) is 4.97. The van der Waals surface area contributed by atoms with Crippen LogP contribution in [0.3, 0.4) is 0 Å². The first-order chi connectivity index (χ1) is 9.24. The Kier molecular flexibility index (Phi) is 5.75. The molecule has 0 aliphatic carbocycles. The predicted octanol–water partition coefficient (Wildman–Crippen LogP) is -0.440. The smallest absolute Gasteiger partial charge is 0.326 e. The molecule has 0 spiro atoms. The molecule has 2 unspecified atom stereocenters. The number of nitrogens with two attached hydrogens (primary N) is 1. The number of carboxylic acid groups (broad SMARTS) is 1. The molecule has 0 aromatic carbocycles. The fraction of sp³-hybridized carbons (Fsp3) is 0.818. The molecule has 2 amide bonds. The summed E-state index contributed by atoms with van der Waals surface area (Å²) >= 11 is 0. The Balaban J connectivity index is 2.59. The van der Waals surface area contributed by atoms with Crippen LogP contribution in [0.2, 0.25) is 0 Å². The molecule has 8 nitrogen and oxygen atoms in total. The van der Waals surface area contributed by atoms with E-state index in [1.807, 2.05) is 6.92 Å². The number of hydrogen-bond acceptors (Lipinski definition) is 4. The molecular weight excluding hydrogens is 286 g/mol. The summed E-state index contributed by atoms with van der Waals surface area (Å²) < 4.78 is 21.5. The first-order valence-electron chi connectivity index (χ1n) is 6.52. The quantitative estimate of drug-likeness (QED) is 0.634. The number of hydrogen-bond donors (Lipinski definition) is 3. The van der Waals surface area contributed by atoms with Gasteiger partial charge in [0.25, 0.3) is 0 Å². The third-order valence-electron chi connectivity index (χ3n) is 3.50. The second kappa shape index (κ2) is 6.89. The number of primary sulfonamides is 1. The number of carboxylic acids is 1. The minimum Gasteiger partial charge on any atom is -0.480 e. The average molecular weight is 307 g/mol. The largest absolute Gasteiger partial charge is 0.480 e. The van der Waals surface area contributed by atoms with E-state index < -0.39 is 28.1 Å². The zero-order valence-electron chi connectivity index (χ0n) is 11.4. The Morgan fingerprint density at radius 3 is 2.60 bits per heavy atom. The molecule has 9 heteroatoms. The fourth-order valence-electron chi connectivity index (χ4n) is 2.29. The maximum atomic E-state index is 11.9.